The first-order valence-corrected chi connectivity index (χ1v) is 9.64. The van der Waals surface area contributed by atoms with Crippen LogP contribution >= 0.6 is 0 Å². The summed E-state index contributed by atoms with van der Waals surface area (Å²) < 4.78 is 0. The lowest BCUT2D eigenvalue weighted by molar-refractivity contribution is -0.140. The van der Waals surface area contributed by atoms with Crippen molar-refractivity contribution in [3.8, 4) is 0 Å². The van der Waals surface area contributed by atoms with Crippen molar-refractivity contribution < 1.29 is 14.7 Å². The minimum atomic E-state index is -0.761. The third-order valence-corrected chi connectivity index (χ3v) is 5.68. The highest BCUT2D eigenvalue weighted by Crippen LogP contribution is 2.34. The maximum atomic E-state index is 12.5. The van der Waals surface area contributed by atoms with Crippen molar-refractivity contribution in [2.24, 2.45) is 5.92 Å². The average molecular weight is 358 g/mol. The smallest absolute Gasteiger partial charge is 0.317 e. The topological polar surface area (TPSA) is 69.6 Å². The molecule has 0 heterocycles. The van der Waals surface area contributed by atoms with Crippen LogP contribution in [0.3, 0.4) is 0 Å². The van der Waals surface area contributed by atoms with Gasteiger partial charge in [-0.1, -0.05) is 44.2 Å². The molecule has 5 heteroatoms. The number of amides is 1. The minimum Gasteiger partial charge on any atom is -0.480 e. The first kappa shape index (κ1) is 18.9. The van der Waals surface area contributed by atoms with Gasteiger partial charge >= 0.3 is 5.97 Å². The number of nitrogens with one attached hydrogen (secondary N) is 1. The second kappa shape index (κ2) is 7.78. The Bertz CT molecular complexity index is 634. The van der Waals surface area contributed by atoms with E-state index in [2.05, 4.69) is 36.2 Å². The van der Waals surface area contributed by atoms with E-state index >= 15 is 0 Å². The molecule has 1 aromatic carbocycles. The molecule has 5 nitrogen and oxygen atoms in total. The fraction of sp³-hybridized carbons (Fsp3) is 0.619. The van der Waals surface area contributed by atoms with Crippen molar-refractivity contribution in [1.82, 2.24) is 10.2 Å². The Labute approximate surface area is 155 Å². The molecule has 2 saturated carbocycles. The van der Waals surface area contributed by atoms with E-state index in [0.29, 0.717) is 18.4 Å². The molecule has 2 aliphatic carbocycles. The van der Waals surface area contributed by atoms with Crippen LogP contribution in [0.4, 0.5) is 0 Å². The molecule has 1 amide bonds. The van der Waals surface area contributed by atoms with Gasteiger partial charge in [-0.05, 0) is 42.6 Å². The third kappa shape index (κ3) is 5.07. The molecule has 142 valence electrons. The Morgan fingerprint density at radius 3 is 2.42 bits per heavy atom. The van der Waals surface area contributed by atoms with Gasteiger partial charge in [0.1, 0.15) is 0 Å². The Morgan fingerprint density at radius 2 is 1.85 bits per heavy atom. The van der Waals surface area contributed by atoms with Crippen molar-refractivity contribution >= 4 is 11.9 Å². The van der Waals surface area contributed by atoms with Crippen LogP contribution in [-0.4, -0.2) is 47.1 Å². The van der Waals surface area contributed by atoms with Gasteiger partial charge in [0.2, 0.25) is 5.91 Å². The van der Waals surface area contributed by atoms with Gasteiger partial charge in [0.25, 0.3) is 0 Å². The minimum absolute atomic E-state index is 0.0780. The zero-order valence-corrected chi connectivity index (χ0v) is 15.8. The lowest BCUT2D eigenvalue weighted by Gasteiger charge is -2.43. The van der Waals surface area contributed by atoms with Crippen LogP contribution < -0.4 is 5.32 Å². The predicted molar refractivity (Wildman–Crippen MR) is 101 cm³/mol. The fourth-order valence-corrected chi connectivity index (χ4v) is 3.82. The van der Waals surface area contributed by atoms with Crippen molar-refractivity contribution in [3.63, 3.8) is 0 Å². The molecule has 0 radical (unpaired) electrons. The van der Waals surface area contributed by atoms with Crippen molar-refractivity contribution in [1.29, 1.82) is 0 Å². The summed E-state index contributed by atoms with van der Waals surface area (Å²) in [6, 6.07) is 10.6. The molecule has 0 spiro atoms. The van der Waals surface area contributed by atoms with Crippen LogP contribution in [0, 0.1) is 5.92 Å². The number of nitrogens with zero attached hydrogens (tertiary/aromatic N) is 1. The summed E-state index contributed by atoms with van der Waals surface area (Å²) in [7, 11) is 0. The maximum absolute atomic E-state index is 12.5. The number of benzene rings is 1. The number of hydrogen-bond donors (Lipinski definition) is 2. The highest BCUT2D eigenvalue weighted by atomic mass is 16.4. The molecule has 3 rings (SSSR count). The van der Waals surface area contributed by atoms with E-state index in [1.54, 1.807) is 0 Å². The van der Waals surface area contributed by atoms with E-state index < -0.39 is 5.97 Å². The molecule has 26 heavy (non-hydrogen) atoms. The zero-order valence-electron chi connectivity index (χ0n) is 15.8. The molecular weight excluding hydrogens is 328 g/mol. The van der Waals surface area contributed by atoms with Gasteiger partial charge in [-0.2, -0.15) is 0 Å². The molecular formula is C21H30N2O3. The maximum Gasteiger partial charge on any atom is 0.317 e. The van der Waals surface area contributed by atoms with Gasteiger partial charge in [-0.3, -0.25) is 14.5 Å². The van der Waals surface area contributed by atoms with Gasteiger partial charge < -0.3 is 10.4 Å². The summed E-state index contributed by atoms with van der Waals surface area (Å²) in [5.41, 5.74) is 0.967. The lowest BCUT2D eigenvalue weighted by Crippen LogP contribution is -2.55. The van der Waals surface area contributed by atoms with Gasteiger partial charge in [-0.25, -0.2) is 0 Å². The van der Waals surface area contributed by atoms with Crippen LogP contribution in [0.15, 0.2) is 30.3 Å². The van der Waals surface area contributed by atoms with Gasteiger partial charge in [0.15, 0.2) is 0 Å². The van der Waals surface area contributed by atoms with Crippen molar-refractivity contribution in [2.75, 3.05) is 13.1 Å². The molecule has 0 unspecified atom stereocenters. The standard InChI is InChI=1S/C21H30N2O3/c1-21(2,16-6-4-3-5-7-16)12-19(24)22-17-10-18(11-17)23(14-20(25)26)13-15-8-9-15/h3-7,15,17-18H,8-14H2,1-2H3,(H,22,24)(H,25,26). The van der Waals surface area contributed by atoms with E-state index in [4.69, 9.17) is 5.11 Å². The first-order chi connectivity index (χ1) is 12.3. The SMILES string of the molecule is CC(C)(CC(=O)NC1CC(N(CC(=O)O)CC2CC2)C1)c1ccccc1. The van der Waals surface area contributed by atoms with E-state index in [1.807, 2.05) is 18.2 Å². The molecule has 0 aliphatic heterocycles. The van der Waals surface area contributed by atoms with E-state index in [1.165, 1.54) is 18.4 Å². The third-order valence-electron chi connectivity index (χ3n) is 5.68. The Kier molecular flexibility index (Phi) is 5.66. The number of carbonyl (C=O) groups is 2. The Morgan fingerprint density at radius 1 is 1.19 bits per heavy atom. The van der Waals surface area contributed by atoms with Gasteiger partial charge in [0, 0.05) is 25.0 Å². The number of aliphatic carboxylic acids is 1. The fourth-order valence-electron chi connectivity index (χ4n) is 3.82. The van der Waals surface area contributed by atoms with Crippen LogP contribution in [0.5, 0.6) is 0 Å². The number of carboxylic acids is 1. The number of hydrogen-bond acceptors (Lipinski definition) is 3. The second-order valence-corrected chi connectivity index (χ2v) is 8.58. The van der Waals surface area contributed by atoms with Crippen LogP contribution in [0.2, 0.25) is 0 Å². The van der Waals surface area contributed by atoms with Crippen LogP contribution in [0.1, 0.15) is 51.5 Å². The van der Waals surface area contributed by atoms with E-state index in [0.717, 1.165) is 19.4 Å². The van der Waals surface area contributed by atoms with E-state index in [9.17, 15) is 9.59 Å². The summed E-state index contributed by atoms with van der Waals surface area (Å²) in [6.07, 6.45) is 4.61. The summed E-state index contributed by atoms with van der Waals surface area (Å²) in [6.45, 7) is 5.19. The monoisotopic (exact) mass is 358 g/mol. The molecule has 2 aliphatic rings. The number of carbonyl (C=O) groups excluding carboxylic acids is 1. The first-order valence-electron chi connectivity index (χ1n) is 9.64. The summed E-state index contributed by atoms with van der Waals surface area (Å²) in [4.78, 5) is 25.6. The lowest BCUT2D eigenvalue weighted by atomic mass is 9.80. The molecule has 0 atom stereocenters. The number of rotatable bonds is 9. The quantitative estimate of drug-likeness (QED) is 0.712. The normalized spacial score (nSPS) is 22.7. The summed E-state index contributed by atoms with van der Waals surface area (Å²) in [5, 5.41) is 12.3. The average Bonchev–Trinajstić information content (AvgIpc) is 3.34. The van der Waals surface area contributed by atoms with E-state index in [-0.39, 0.29) is 23.9 Å². The summed E-state index contributed by atoms with van der Waals surface area (Å²) >= 11 is 0. The van der Waals surface area contributed by atoms with Crippen LogP contribution in [0.25, 0.3) is 0 Å². The molecule has 2 fully saturated rings. The summed E-state index contributed by atoms with van der Waals surface area (Å²) in [5.74, 6) is -0.00769. The highest BCUT2D eigenvalue weighted by molar-refractivity contribution is 5.78. The molecule has 1 aromatic rings. The van der Waals surface area contributed by atoms with Crippen LogP contribution in [-0.2, 0) is 15.0 Å². The molecule has 0 aromatic heterocycles. The largest absolute Gasteiger partial charge is 0.480 e. The Hall–Kier alpha value is -1.88. The van der Waals surface area contributed by atoms with Gasteiger partial charge in [0.05, 0.1) is 6.54 Å². The van der Waals surface area contributed by atoms with Crippen molar-refractivity contribution in [2.45, 2.75) is 63.5 Å². The number of carboxylic acid groups (broad SMARTS) is 1. The molecule has 0 bridgehead atoms. The Balaban J connectivity index is 1.45. The predicted octanol–water partition coefficient (Wildman–Crippen LogP) is 2.80. The molecule has 2 N–H and O–H groups in total. The zero-order chi connectivity index (χ0) is 18.7. The highest BCUT2D eigenvalue weighted by Gasteiger charge is 2.38. The van der Waals surface area contributed by atoms with Gasteiger partial charge in [-0.15, -0.1) is 0 Å². The van der Waals surface area contributed by atoms with Crippen molar-refractivity contribution in [3.05, 3.63) is 35.9 Å². The molecule has 0 saturated heterocycles. The second-order valence-electron chi connectivity index (χ2n) is 8.58.